The van der Waals surface area contributed by atoms with E-state index in [2.05, 4.69) is 23.1 Å². The van der Waals surface area contributed by atoms with Crippen LogP contribution in [0.5, 0.6) is 0 Å². The van der Waals surface area contributed by atoms with E-state index in [1.165, 1.54) is 31.1 Å². The molecular formula is C14H18N2O2. The van der Waals surface area contributed by atoms with Crippen molar-refractivity contribution in [1.29, 1.82) is 0 Å². The highest BCUT2D eigenvalue weighted by Crippen LogP contribution is 2.39. The molecule has 4 nitrogen and oxygen atoms in total. The number of fused-ring (bicyclic) bond motifs is 3. The molecule has 1 aromatic rings. The van der Waals surface area contributed by atoms with Crippen LogP contribution in [-0.2, 0) is 11.3 Å². The molecule has 1 unspecified atom stereocenters. The van der Waals surface area contributed by atoms with E-state index in [4.69, 9.17) is 4.74 Å². The standard InChI is InChI=1S/C14H18N2O2/c1-15-9-11-8-10(14(17)18-2)5-6-12(11)13-4-3-7-16(13)15/h5-6,8,13H,3-4,7,9H2,1-2H3. The van der Waals surface area contributed by atoms with Gasteiger partial charge < -0.3 is 4.74 Å². The van der Waals surface area contributed by atoms with Crippen LogP contribution in [0, 0.1) is 0 Å². The fraction of sp³-hybridized carbons (Fsp3) is 0.500. The molecule has 3 rings (SSSR count). The van der Waals surface area contributed by atoms with Gasteiger partial charge in [0.1, 0.15) is 0 Å². The normalized spacial score (nSPS) is 23.6. The minimum absolute atomic E-state index is 0.255. The quantitative estimate of drug-likeness (QED) is 0.709. The molecule has 2 aliphatic rings. The van der Waals surface area contributed by atoms with Crippen LogP contribution in [0.3, 0.4) is 0 Å². The highest BCUT2D eigenvalue weighted by molar-refractivity contribution is 5.89. The zero-order valence-electron chi connectivity index (χ0n) is 10.8. The molecule has 4 heteroatoms. The number of hydrogen-bond acceptors (Lipinski definition) is 4. The summed E-state index contributed by atoms with van der Waals surface area (Å²) in [6.07, 6.45) is 2.45. The number of methoxy groups -OCH3 is 1. The molecule has 0 aliphatic carbocycles. The molecule has 1 fully saturated rings. The molecule has 0 spiro atoms. The molecule has 18 heavy (non-hydrogen) atoms. The number of hydrazine groups is 1. The van der Waals surface area contributed by atoms with Crippen molar-refractivity contribution in [3.8, 4) is 0 Å². The molecule has 0 aromatic heterocycles. The number of benzene rings is 1. The maximum atomic E-state index is 11.6. The van der Waals surface area contributed by atoms with E-state index < -0.39 is 0 Å². The van der Waals surface area contributed by atoms with Crippen LogP contribution >= 0.6 is 0 Å². The molecule has 1 aromatic carbocycles. The Labute approximate surface area is 107 Å². The van der Waals surface area contributed by atoms with Crippen LogP contribution in [0.1, 0.15) is 40.4 Å². The number of esters is 1. The Hall–Kier alpha value is -1.39. The van der Waals surface area contributed by atoms with Crippen LogP contribution in [0.4, 0.5) is 0 Å². The maximum Gasteiger partial charge on any atom is 0.337 e. The van der Waals surface area contributed by atoms with Crippen molar-refractivity contribution in [1.82, 2.24) is 10.0 Å². The summed E-state index contributed by atoms with van der Waals surface area (Å²) < 4.78 is 4.78. The van der Waals surface area contributed by atoms with Gasteiger partial charge in [0.05, 0.1) is 12.7 Å². The lowest BCUT2D eigenvalue weighted by molar-refractivity contribution is -0.0343. The fourth-order valence-electron chi connectivity index (χ4n) is 3.13. The minimum atomic E-state index is -0.255. The second kappa shape index (κ2) is 4.37. The average molecular weight is 246 g/mol. The highest BCUT2D eigenvalue weighted by Gasteiger charge is 2.34. The number of carbonyl (C=O) groups is 1. The average Bonchev–Trinajstić information content (AvgIpc) is 2.87. The largest absolute Gasteiger partial charge is 0.465 e. The lowest BCUT2D eigenvalue weighted by Gasteiger charge is -2.39. The van der Waals surface area contributed by atoms with Crippen molar-refractivity contribution in [3.05, 3.63) is 34.9 Å². The zero-order chi connectivity index (χ0) is 12.7. The van der Waals surface area contributed by atoms with Gasteiger partial charge >= 0.3 is 5.97 Å². The lowest BCUT2D eigenvalue weighted by Crippen LogP contribution is -2.42. The van der Waals surface area contributed by atoms with Gasteiger partial charge in [-0.2, -0.15) is 0 Å². The third-order valence-electron chi connectivity index (χ3n) is 3.99. The van der Waals surface area contributed by atoms with E-state index in [0.717, 1.165) is 13.1 Å². The zero-order valence-corrected chi connectivity index (χ0v) is 10.8. The van der Waals surface area contributed by atoms with Crippen LogP contribution in [0.25, 0.3) is 0 Å². The SMILES string of the molecule is COC(=O)c1ccc2c(c1)CN(C)N1CCCC21. The molecule has 1 saturated heterocycles. The molecule has 2 heterocycles. The molecule has 0 saturated carbocycles. The summed E-state index contributed by atoms with van der Waals surface area (Å²) in [5, 5.41) is 4.70. The predicted octanol–water partition coefficient (Wildman–Crippen LogP) is 1.97. The van der Waals surface area contributed by atoms with E-state index >= 15 is 0 Å². The molecule has 0 bridgehead atoms. The van der Waals surface area contributed by atoms with Crippen molar-refractivity contribution in [2.24, 2.45) is 0 Å². The van der Waals surface area contributed by atoms with Gasteiger partial charge in [0.25, 0.3) is 0 Å². The smallest absolute Gasteiger partial charge is 0.337 e. The third-order valence-corrected chi connectivity index (χ3v) is 3.99. The van der Waals surface area contributed by atoms with Gasteiger partial charge in [-0.15, -0.1) is 0 Å². The van der Waals surface area contributed by atoms with E-state index in [1.54, 1.807) is 0 Å². The van der Waals surface area contributed by atoms with Gasteiger partial charge in [-0.3, -0.25) is 0 Å². The Morgan fingerprint density at radius 1 is 1.44 bits per heavy atom. The number of carbonyl (C=O) groups excluding carboxylic acids is 1. The Kier molecular flexibility index (Phi) is 2.84. The minimum Gasteiger partial charge on any atom is -0.465 e. The molecule has 96 valence electrons. The van der Waals surface area contributed by atoms with Gasteiger partial charge in [0.15, 0.2) is 0 Å². The summed E-state index contributed by atoms with van der Waals surface area (Å²) in [4.78, 5) is 11.6. The number of rotatable bonds is 1. The van der Waals surface area contributed by atoms with Crippen LogP contribution in [0.15, 0.2) is 18.2 Å². The second-order valence-electron chi connectivity index (χ2n) is 5.04. The topological polar surface area (TPSA) is 32.8 Å². The summed E-state index contributed by atoms with van der Waals surface area (Å²) in [7, 11) is 3.54. The molecule has 0 N–H and O–H groups in total. The second-order valence-corrected chi connectivity index (χ2v) is 5.04. The van der Waals surface area contributed by atoms with Crippen LogP contribution in [-0.4, -0.2) is 36.7 Å². The predicted molar refractivity (Wildman–Crippen MR) is 67.9 cm³/mol. The van der Waals surface area contributed by atoms with E-state index in [1.807, 2.05) is 12.1 Å². The Bertz CT molecular complexity index is 487. The molecule has 0 radical (unpaired) electrons. The summed E-state index contributed by atoms with van der Waals surface area (Å²) in [6.45, 7) is 2.01. The Morgan fingerprint density at radius 2 is 2.28 bits per heavy atom. The summed E-state index contributed by atoms with van der Waals surface area (Å²) in [6, 6.07) is 6.45. The van der Waals surface area contributed by atoms with Crippen molar-refractivity contribution >= 4 is 5.97 Å². The monoisotopic (exact) mass is 246 g/mol. The van der Waals surface area contributed by atoms with E-state index in [9.17, 15) is 4.79 Å². The summed E-state index contributed by atoms with van der Waals surface area (Å²) >= 11 is 0. The molecule has 0 amide bonds. The highest BCUT2D eigenvalue weighted by atomic mass is 16.5. The lowest BCUT2D eigenvalue weighted by atomic mass is 9.95. The molecular weight excluding hydrogens is 228 g/mol. The summed E-state index contributed by atoms with van der Waals surface area (Å²) in [5.74, 6) is -0.255. The van der Waals surface area contributed by atoms with E-state index in [0.29, 0.717) is 11.6 Å². The van der Waals surface area contributed by atoms with Crippen molar-refractivity contribution in [2.75, 3.05) is 20.7 Å². The first kappa shape index (κ1) is 11.7. The molecule has 2 aliphatic heterocycles. The number of hydrogen-bond donors (Lipinski definition) is 0. The van der Waals surface area contributed by atoms with Gasteiger partial charge in [0.2, 0.25) is 0 Å². The first-order valence-electron chi connectivity index (χ1n) is 6.39. The van der Waals surface area contributed by atoms with E-state index in [-0.39, 0.29) is 5.97 Å². The van der Waals surface area contributed by atoms with Gasteiger partial charge in [-0.25, -0.2) is 14.8 Å². The first-order chi connectivity index (χ1) is 8.70. The fourth-order valence-corrected chi connectivity index (χ4v) is 3.13. The molecule has 1 atom stereocenters. The van der Waals surface area contributed by atoms with Crippen LogP contribution in [0.2, 0.25) is 0 Å². The van der Waals surface area contributed by atoms with Gasteiger partial charge in [0, 0.05) is 26.2 Å². The first-order valence-corrected chi connectivity index (χ1v) is 6.39. The Balaban J connectivity index is 2.00. The van der Waals surface area contributed by atoms with Crippen molar-refractivity contribution in [3.63, 3.8) is 0 Å². The van der Waals surface area contributed by atoms with Crippen molar-refractivity contribution < 1.29 is 9.53 Å². The maximum absolute atomic E-state index is 11.6. The Morgan fingerprint density at radius 3 is 3.06 bits per heavy atom. The van der Waals surface area contributed by atoms with Gasteiger partial charge in [-0.1, -0.05) is 6.07 Å². The number of nitrogens with zero attached hydrogens (tertiary/aromatic N) is 2. The van der Waals surface area contributed by atoms with Crippen molar-refractivity contribution in [2.45, 2.75) is 25.4 Å². The third kappa shape index (κ3) is 1.72. The summed E-state index contributed by atoms with van der Waals surface area (Å²) in [5.41, 5.74) is 3.28. The van der Waals surface area contributed by atoms with Crippen LogP contribution < -0.4 is 0 Å². The van der Waals surface area contributed by atoms with Gasteiger partial charge in [-0.05, 0) is 36.1 Å². The number of ether oxygens (including phenoxy) is 1.